The van der Waals surface area contributed by atoms with E-state index >= 15 is 0 Å². The van der Waals surface area contributed by atoms with Gasteiger partial charge in [-0.1, -0.05) is 24.3 Å². The summed E-state index contributed by atoms with van der Waals surface area (Å²) >= 11 is 0. The highest BCUT2D eigenvalue weighted by Crippen LogP contribution is 2.34. The molecule has 9 heteroatoms. The van der Waals surface area contributed by atoms with E-state index in [1.165, 1.54) is 18.5 Å². The van der Waals surface area contributed by atoms with E-state index in [0.29, 0.717) is 5.52 Å². The van der Waals surface area contributed by atoms with Crippen LogP contribution in [0.2, 0.25) is 0 Å². The third-order valence-corrected chi connectivity index (χ3v) is 3.70. The van der Waals surface area contributed by atoms with Gasteiger partial charge in [0.15, 0.2) is 6.61 Å². The second-order valence-corrected chi connectivity index (χ2v) is 5.61. The number of amides is 1. The number of carbonyl (C=O) groups is 2. The van der Waals surface area contributed by atoms with Crippen LogP contribution in [0, 0.1) is 0 Å². The van der Waals surface area contributed by atoms with E-state index in [1.54, 1.807) is 28.8 Å². The van der Waals surface area contributed by atoms with Crippen molar-refractivity contribution in [3.63, 3.8) is 0 Å². The Morgan fingerprint density at radius 1 is 1.07 bits per heavy atom. The average molecular weight is 377 g/mol. The summed E-state index contributed by atoms with van der Waals surface area (Å²) in [4.78, 5) is 27.9. The highest BCUT2D eigenvalue weighted by Gasteiger charge is 2.33. The monoisotopic (exact) mass is 377 g/mol. The molecule has 0 aliphatic rings. The van der Waals surface area contributed by atoms with E-state index in [0.717, 1.165) is 17.6 Å². The molecule has 0 saturated carbocycles. The van der Waals surface area contributed by atoms with Crippen molar-refractivity contribution >= 4 is 28.6 Å². The van der Waals surface area contributed by atoms with Crippen LogP contribution < -0.4 is 5.32 Å². The summed E-state index contributed by atoms with van der Waals surface area (Å²) in [6.07, 6.45) is -3.14. The molecule has 0 radical (unpaired) electrons. The highest BCUT2D eigenvalue weighted by atomic mass is 19.4. The molecular weight excluding hydrogens is 363 g/mol. The molecule has 2 aromatic carbocycles. The number of hydrogen-bond donors (Lipinski definition) is 1. The molecule has 3 aromatic rings. The molecule has 1 N–H and O–H groups in total. The van der Waals surface area contributed by atoms with Gasteiger partial charge in [-0.2, -0.15) is 13.2 Å². The van der Waals surface area contributed by atoms with Gasteiger partial charge >= 0.3 is 12.1 Å². The standard InChI is InChI=1S/C18H14F3N3O3/c19-18(20,21)12-5-1-2-6-13(12)23-16(25)10-27-17(26)9-24-11-22-14-7-3-4-8-15(14)24/h1-8,11H,9-10H2,(H,23,25). The maximum atomic E-state index is 12.9. The summed E-state index contributed by atoms with van der Waals surface area (Å²) in [5, 5.41) is 2.11. The largest absolute Gasteiger partial charge is 0.454 e. The quantitative estimate of drug-likeness (QED) is 0.693. The number of anilines is 1. The lowest BCUT2D eigenvalue weighted by Crippen LogP contribution is -2.24. The molecule has 140 valence electrons. The zero-order valence-electron chi connectivity index (χ0n) is 13.9. The van der Waals surface area contributed by atoms with E-state index in [1.807, 2.05) is 0 Å². The highest BCUT2D eigenvalue weighted by molar-refractivity contribution is 5.93. The lowest BCUT2D eigenvalue weighted by molar-refractivity contribution is -0.148. The molecule has 1 heterocycles. The molecule has 0 bridgehead atoms. The van der Waals surface area contributed by atoms with Crippen molar-refractivity contribution in [3.8, 4) is 0 Å². The topological polar surface area (TPSA) is 73.2 Å². The van der Waals surface area contributed by atoms with Crippen molar-refractivity contribution in [2.24, 2.45) is 0 Å². The van der Waals surface area contributed by atoms with Gasteiger partial charge in [-0.25, -0.2) is 4.98 Å². The van der Waals surface area contributed by atoms with Crippen LogP contribution in [-0.4, -0.2) is 28.0 Å². The van der Waals surface area contributed by atoms with Crippen molar-refractivity contribution in [1.29, 1.82) is 0 Å². The Bertz CT molecular complexity index is 982. The minimum atomic E-state index is -4.61. The average Bonchev–Trinajstić information content (AvgIpc) is 3.03. The zero-order valence-corrected chi connectivity index (χ0v) is 13.9. The number of nitrogens with zero attached hydrogens (tertiary/aromatic N) is 2. The molecule has 27 heavy (non-hydrogen) atoms. The molecule has 0 spiro atoms. The minimum absolute atomic E-state index is 0.174. The number of benzene rings is 2. The van der Waals surface area contributed by atoms with Crippen LogP contribution in [0.25, 0.3) is 11.0 Å². The van der Waals surface area contributed by atoms with Crippen LogP contribution >= 0.6 is 0 Å². The van der Waals surface area contributed by atoms with Crippen molar-refractivity contribution in [1.82, 2.24) is 9.55 Å². The van der Waals surface area contributed by atoms with Gasteiger partial charge in [0.1, 0.15) is 6.54 Å². The van der Waals surface area contributed by atoms with Crippen molar-refractivity contribution < 1.29 is 27.5 Å². The van der Waals surface area contributed by atoms with Gasteiger partial charge in [0.25, 0.3) is 5.91 Å². The SMILES string of the molecule is O=C(COC(=O)Cn1cnc2ccccc21)Nc1ccccc1C(F)(F)F. The summed E-state index contributed by atoms with van der Waals surface area (Å²) in [6, 6.07) is 11.7. The second-order valence-electron chi connectivity index (χ2n) is 5.61. The Morgan fingerprint density at radius 3 is 2.56 bits per heavy atom. The van der Waals surface area contributed by atoms with Crippen molar-refractivity contribution in [2.75, 3.05) is 11.9 Å². The fourth-order valence-corrected chi connectivity index (χ4v) is 2.49. The van der Waals surface area contributed by atoms with Crippen molar-refractivity contribution in [3.05, 3.63) is 60.4 Å². The van der Waals surface area contributed by atoms with Crippen LogP contribution in [0.1, 0.15) is 5.56 Å². The summed E-state index contributed by atoms with van der Waals surface area (Å²) in [5.74, 6) is -1.58. The van der Waals surface area contributed by atoms with Gasteiger partial charge in [-0.05, 0) is 24.3 Å². The molecular formula is C18H14F3N3O3. The summed E-state index contributed by atoms with van der Waals surface area (Å²) in [7, 11) is 0. The zero-order chi connectivity index (χ0) is 19.4. The van der Waals surface area contributed by atoms with E-state index < -0.39 is 35.9 Å². The van der Waals surface area contributed by atoms with E-state index in [9.17, 15) is 22.8 Å². The first-order valence-electron chi connectivity index (χ1n) is 7.86. The van der Waals surface area contributed by atoms with Gasteiger partial charge in [-0.15, -0.1) is 0 Å². The number of rotatable bonds is 5. The normalized spacial score (nSPS) is 11.4. The first-order valence-corrected chi connectivity index (χ1v) is 7.86. The van der Waals surface area contributed by atoms with Crippen LogP contribution in [0.5, 0.6) is 0 Å². The number of alkyl halides is 3. The molecule has 0 fully saturated rings. The molecule has 0 saturated heterocycles. The molecule has 1 amide bonds. The number of carbonyl (C=O) groups excluding carboxylic acids is 2. The third-order valence-electron chi connectivity index (χ3n) is 3.70. The smallest absolute Gasteiger partial charge is 0.418 e. The van der Waals surface area contributed by atoms with Crippen LogP contribution in [0.3, 0.4) is 0 Å². The molecule has 0 atom stereocenters. The van der Waals surface area contributed by atoms with E-state index in [-0.39, 0.29) is 6.54 Å². The Morgan fingerprint density at radius 2 is 1.78 bits per heavy atom. The van der Waals surface area contributed by atoms with Crippen LogP contribution in [-0.2, 0) is 27.0 Å². The fraction of sp³-hybridized carbons (Fsp3) is 0.167. The summed E-state index contributed by atoms with van der Waals surface area (Å²) < 4.78 is 45.1. The number of esters is 1. The summed E-state index contributed by atoms with van der Waals surface area (Å²) in [6.45, 7) is -0.870. The third kappa shape index (κ3) is 4.43. The fourth-order valence-electron chi connectivity index (χ4n) is 2.49. The van der Waals surface area contributed by atoms with Crippen LogP contribution in [0.15, 0.2) is 54.9 Å². The Hall–Kier alpha value is -3.36. The number of fused-ring (bicyclic) bond motifs is 1. The summed E-state index contributed by atoms with van der Waals surface area (Å²) in [5.41, 5.74) is 0.0472. The second kappa shape index (κ2) is 7.48. The molecule has 0 aliphatic carbocycles. The lowest BCUT2D eigenvalue weighted by Gasteiger charge is -2.13. The maximum absolute atomic E-state index is 12.9. The Labute approximate surface area is 151 Å². The van der Waals surface area contributed by atoms with Crippen molar-refractivity contribution in [2.45, 2.75) is 12.7 Å². The Kier molecular flexibility index (Phi) is 5.11. The molecule has 3 rings (SSSR count). The number of halogens is 3. The number of hydrogen-bond acceptors (Lipinski definition) is 4. The number of imidazole rings is 1. The maximum Gasteiger partial charge on any atom is 0.418 e. The van der Waals surface area contributed by atoms with E-state index in [2.05, 4.69) is 10.3 Å². The first-order chi connectivity index (χ1) is 12.8. The lowest BCUT2D eigenvalue weighted by atomic mass is 10.1. The van der Waals surface area contributed by atoms with Gasteiger partial charge in [0, 0.05) is 0 Å². The first kappa shape index (κ1) is 18.4. The molecule has 6 nitrogen and oxygen atoms in total. The Balaban J connectivity index is 1.57. The molecule has 1 aromatic heterocycles. The van der Waals surface area contributed by atoms with Crippen LogP contribution in [0.4, 0.5) is 18.9 Å². The molecule has 0 unspecified atom stereocenters. The number of para-hydroxylation sites is 3. The predicted molar refractivity (Wildman–Crippen MR) is 90.8 cm³/mol. The predicted octanol–water partition coefficient (Wildman–Crippen LogP) is 3.24. The number of nitrogens with one attached hydrogen (secondary N) is 1. The molecule has 0 aliphatic heterocycles. The van der Waals surface area contributed by atoms with Gasteiger partial charge in [0.05, 0.1) is 28.6 Å². The van der Waals surface area contributed by atoms with Gasteiger partial charge in [0.2, 0.25) is 0 Å². The van der Waals surface area contributed by atoms with E-state index in [4.69, 9.17) is 4.74 Å². The van der Waals surface area contributed by atoms with Gasteiger partial charge < -0.3 is 14.6 Å². The van der Waals surface area contributed by atoms with Gasteiger partial charge in [-0.3, -0.25) is 9.59 Å². The minimum Gasteiger partial charge on any atom is -0.454 e. The number of aromatic nitrogens is 2. The number of ether oxygens (including phenoxy) is 1.